The van der Waals surface area contributed by atoms with Crippen LogP contribution in [-0.2, 0) is 0 Å². The molecule has 0 aliphatic rings. The number of benzene rings is 1. The predicted octanol–water partition coefficient (Wildman–Crippen LogP) is 2.93. The van der Waals surface area contributed by atoms with Gasteiger partial charge in [0.05, 0.1) is 11.3 Å². The first-order valence-corrected chi connectivity index (χ1v) is 5.72. The van der Waals surface area contributed by atoms with Crippen molar-refractivity contribution in [3.8, 4) is 0 Å². The number of nitrogens with one attached hydrogen (secondary N) is 2. The van der Waals surface area contributed by atoms with Crippen LogP contribution in [-0.4, -0.2) is 17.9 Å². The number of rotatable bonds is 3. The van der Waals surface area contributed by atoms with Gasteiger partial charge >= 0.3 is 0 Å². The van der Waals surface area contributed by atoms with Gasteiger partial charge in [0, 0.05) is 25.4 Å². The predicted molar refractivity (Wildman–Crippen MR) is 68.0 cm³/mol. The van der Waals surface area contributed by atoms with Crippen LogP contribution in [0, 0.1) is 23.3 Å². The molecule has 1 aromatic carbocycles. The highest BCUT2D eigenvalue weighted by Gasteiger charge is 2.18. The molecule has 1 amide bonds. The average molecular weight is 299 g/mol. The molecular formula is C13H9F4N3O. The van der Waals surface area contributed by atoms with Crippen molar-refractivity contribution < 1.29 is 22.4 Å². The Labute approximate surface area is 116 Å². The van der Waals surface area contributed by atoms with Crippen LogP contribution < -0.4 is 10.6 Å². The first-order valence-electron chi connectivity index (χ1n) is 5.72. The molecule has 21 heavy (non-hydrogen) atoms. The molecule has 0 spiro atoms. The zero-order chi connectivity index (χ0) is 15.6. The van der Waals surface area contributed by atoms with Gasteiger partial charge in [0.1, 0.15) is 5.82 Å². The van der Waals surface area contributed by atoms with Crippen LogP contribution in [0.3, 0.4) is 0 Å². The fraction of sp³-hybridized carbons (Fsp3) is 0.0769. The maximum absolute atomic E-state index is 13.9. The zero-order valence-corrected chi connectivity index (χ0v) is 10.7. The summed E-state index contributed by atoms with van der Waals surface area (Å²) in [4.78, 5) is 15.5. The SMILES string of the molecule is CNc1nccc(C(=O)Nc2cc(F)cc(F)c2F)c1F. The van der Waals surface area contributed by atoms with E-state index >= 15 is 0 Å². The van der Waals surface area contributed by atoms with Gasteiger partial charge in [0.15, 0.2) is 23.3 Å². The summed E-state index contributed by atoms with van der Waals surface area (Å²) in [6.45, 7) is 0. The number of aromatic nitrogens is 1. The van der Waals surface area contributed by atoms with E-state index < -0.39 is 40.4 Å². The van der Waals surface area contributed by atoms with Crippen LogP contribution in [0.4, 0.5) is 29.1 Å². The fourth-order valence-corrected chi connectivity index (χ4v) is 1.63. The average Bonchev–Trinajstić information content (AvgIpc) is 2.44. The van der Waals surface area contributed by atoms with E-state index in [9.17, 15) is 22.4 Å². The summed E-state index contributed by atoms with van der Waals surface area (Å²) >= 11 is 0. The Kier molecular flexibility index (Phi) is 4.06. The van der Waals surface area contributed by atoms with E-state index in [-0.39, 0.29) is 5.82 Å². The first-order chi connectivity index (χ1) is 9.93. The summed E-state index contributed by atoms with van der Waals surface area (Å²) in [6.07, 6.45) is 1.16. The number of anilines is 2. The van der Waals surface area contributed by atoms with Gasteiger partial charge in [-0.05, 0) is 6.07 Å². The normalized spacial score (nSPS) is 10.3. The lowest BCUT2D eigenvalue weighted by molar-refractivity contribution is 0.102. The number of carbonyl (C=O) groups is 1. The van der Waals surface area contributed by atoms with Crippen LogP contribution in [0.5, 0.6) is 0 Å². The topological polar surface area (TPSA) is 54.0 Å². The van der Waals surface area contributed by atoms with Crippen LogP contribution >= 0.6 is 0 Å². The number of hydrogen-bond acceptors (Lipinski definition) is 3. The maximum atomic E-state index is 13.9. The third-order valence-electron chi connectivity index (χ3n) is 2.61. The second-order valence-corrected chi connectivity index (χ2v) is 3.97. The van der Waals surface area contributed by atoms with E-state index in [2.05, 4.69) is 10.3 Å². The number of halogens is 4. The maximum Gasteiger partial charge on any atom is 0.258 e. The number of hydrogen-bond donors (Lipinski definition) is 2. The summed E-state index contributed by atoms with van der Waals surface area (Å²) in [6, 6.07) is 1.98. The Bertz CT molecular complexity index is 706. The molecule has 0 aliphatic heterocycles. The second-order valence-electron chi connectivity index (χ2n) is 3.97. The molecule has 1 heterocycles. The molecule has 4 nitrogen and oxygen atoms in total. The molecule has 2 rings (SSSR count). The smallest absolute Gasteiger partial charge is 0.258 e. The highest BCUT2D eigenvalue weighted by atomic mass is 19.2. The lowest BCUT2D eigenvalue weighted by Gasteiger charge is -2.09. The largest absolute Gasteiger partial charge is 0.371 e. The number of pyridine rings is 1. The minimum atomic E-state index is -1.46. The van der Waals surface area contributed by atoms with Gasteiger partial charge in [-0.25, -0.2) is 22.5 Å². The Hall–Kier alpha value is -2.64. The van der Waals surface area contributed by atoms with Crippen LogP contribution in [0.15, 0.2) is 24.4 Å². The summed E-state index contributed by atoms with van der Waals surface area (Å²) in [5.41, 5.74) is -1.17. The zero-order valence-electron chi connectivity index (χ0n) is 10.7. The number of nitrogens with zero attached hydrogens (tertiary/aromatic N) is 1. The van der Waals surface area contributed by atoms with Gasteiger partial charge < -0.3 is 10.6 Å². The van der Waals surface area contributed by atoms with Crippen molar-refractivity contribution in [3.63, 3.8) is 0 Å². The van der Waals surface area contributed by atoms with Crippen molar-refractivity contribution in [2.24, 2.45) is 0 Å². The van der Waals surface area contributed by atoms with Crippen molar-refractivity contribution in [1.82, 2.24) is 4.98 Å². The molecule has 2 N–H and O–H groups in total. The van der Waals surface area contributed by atoms with Gasteiger partial charge in [-0.3, -0.25) is 4.79 Å². The molecule has 0 fully saturated rings. The molecule has 0 saturated heterocycles. The van der Waals surface area contributed by atoms with Gasteiger partial charge in [-0.1, -0.05) is 0 Å². The van der Waals surface area contributed by atoms with Gasteiger partial charge in [0.25, 0.3) is 5.91 Å². The second kappa shape index (κ2) is 5.78. The van der Waals surface area contributed by atoms with Crippen molar-refractivity contribution in [3.05, 3.63) is 53.2 Å². The van der Waals surface area contributed by atoms with Crippen molar-refractivity contribution >= 4 is 17.4 Å². The molecule has 0 atom stereocenters. The minimum Gasteiger partial charge on any atom is -0.371 e. The molecule has 8 heteroatoms. The van der Waals surface area contributed by atoms with Crippen LogP contribution in [0.25, 0.3) is 0 Å². The monoisotopic (exact) mass is 299 g/mol. The summed E-state index contributed by atoms with van der Waals surface area (Å²) < 4.78 is 53.3. The van der Waals surface area contributed by atoms with E-state index in [0.717, 1.165) is 12.3 Å². The molecule has 0 unspecified atom stereocenters. The van der Waals surface area contributed by atoms with Crippen molar-refractivity contribution in [1.29, 1.82) is 0 Å². The highest BCUT2D eigenvalue weighted by molar-refractivity contribution is 6.04. The molecule has 0 saturated carbocycles. The van der Waals surface area contributed by atoms with E-state index in [1.54, 1.807) is 0 Å². The summed E-state index contributed by atoms with van der Waals surface area (Å²) in [7, 11) is 1.40. The standard InChI is InChI=1S/C13H9F4N3O/c1-18-12-10(16)7(2-3-19-12)13(21)20-9-5-6(14)4-8(15)11(9)17/h2-5H,1H3,(H,18,19)(H,20,21). The Balaban J connectivity index is 2.35. The first kappa shape index (κ1) is 14.8. The third-order valence-corrected chi connectivity index (χ3v) is 2.61. The summed E-state index contributed by atoms with van der Waals surface area (Å²) in [5.74, 6) is -6.18. The summed E-state index contributed by atoms with van der Waals surface area (Å²) in [5, 5.41) is 4.33. The number of amides is 1. The van der Waals surface area contributed by atoms with E-state index in [4.69, 9.17) is 0 Å². The fourth-order valence-electron chi connectivity index (χ4n) is 1.63. The molecule has 0 aliphatic carbocycles. The van der Waals surface area contributed by atoms with E-state index in [1.165, 1.54) is 7.05 Å². The van der Waals surface area contributed by atoms with Crippen molar-refractivity contribution in [2.75, 3.05) is 17.7 Å². The Morgan fingerprint density at radius 2 is 1.86 bits per heavy atom. The van der Waals surface area contributed by atoms with Gasteiger partial charge in [-0.2, -0.15) is 0 Å². The Morgan fingerprint density at radius 3 is 2.52 bits per heavy atom. The lowest BCUT2D eigenvalue weighted by Crippen LogP contribution is -2.16. The van der Waals surface area contributed by atoms with E-state index in [1.807, 2.05) is 5.32 Å². The minimum absolute atomic E-state index is 0.187. The molecule has 2 aromatic rings. The highest BCUT2D eigenvalue weighted by Crippen LogP contribution is 2.21. The number of carbonyl (C=O) groups excluding carboxylic acids is 1. The quantitative estimate of drug-likeness (QED) is 0.677. The van der Waals surface area contributed by atoms with E-state index in [0.29, 0.717) is 12.1 Å². The van der Waals surface area contributed by atoms with Gasteiger partial charge in [-0.15, -0.1) is 0 Å². The lowest BCUT2D eigenvalue weighted by atomic mass is 10.2. The van der Waals surface area contributed by atoms with Crippen LogP contribution in [0.1, 0.15) is 10.4 Å². The molecule has 1 aromatic heterocycles. The molecule has 0 radical (unpaired) electrons. The molecule has 110 valence electrons. The third kappa shape index (κ3) is 2.93. The van der Waals surface area contributed by atoms with Gasteiger partial charge in [0.2, 0.25) is 0 Å². The van der Waals surface area contributed by atoms with Crippen molar-refractivity contribution in [2.45, 2.75) is 0 Å². The molecular weight excluding hydrogens is 290 g/mol. The Morgan fingerprint density at radius 1 is 1.14 bits per heavy atom. The molecule has 0 bridgehead atoms. The van der Waals surface area contributed by atoms with Crippen LogP contribution in [0.2, 0.25) is 0 Å².